The Hall–Kier alpha value is -2.27. The molecule has 0 saturated heterocycles. The Labute approximate surface area is 139 Å². The summed E-state index contributed by atoms with van der Waals surface area (Å²) in [5.41, 5.74) is 1.92. The van der Waals surface area contributed by atoms with Gasteiger partial charge in [-0.1, -0.05) is 24.6 Å². The van der Waals surface area contributed by atoms with Crippen LogP contribution in [0.3, 0.4) is 0 Å². The Morgan fingerprint density at radius 3 is 2.61 bits per heavy atom. The lowest BCUT2D eigenvalue weighted by atomic mass is 10.0. The normalized spacial score (nSPS) is 12.0. The Morgan fingerprint density at radius 2 is 2.04 bits per heavy atom. The number of nitrogens with zero attached hydrogens (tertiary/aromatic N) is 1. The molecule has 0 aliphatic rings. The zero-order chi connectivity index (χ0) is 17.1. The second-order valence-corrected chi connectivity index (χ2v) is 5.66. The maximum absolute atomic E-state index is 12.4. The van der Waals surface area contributed by atoms with E-state index in [0.717, 1.165) is 11.1 Å². The number of carboxylic acids is 1. The Morgan fingerprint density at radius 1 is 1.35 bits per heavy atom. The van der Waals surface area contributed by atoms with Crippen LogP contribution in [-0.4, -0.2) is 22.8 Å². The lowest BCUT2D eigenvalue weighted by Crippen LogP contribution is -2.29. The van der Waals surface area contributed by atoms with Crippen LogP contribution in [0.5, 0.6) is 5.75 Å². The van der Waals surface area contributed by atoms with Crippen molar-refractivity contribution in [1.82, 2.24) is 4.57 Å². The standard InChI is InChI=1S/C17H18ClNO4/c1-4-14(17(21)22)19-9-15(23-3)13(8-16(19)20)12-7-11(18)6-5-10(12)2/h5-9,14H,4H2,1-3H3,(H,21,22). The number of aryl methyl sites for hydroxylation is 1. The van der Waals surface area contributed by atoms with Crippen molar-refractivity contribution in [3.8, 4) is 16.9 Å². The summed E-state index contributed by atoms with van der Waals surface area (Å²) in [7, 11) is 1.48. The number of aliphatic carboxylic acids is 1. The summed E-state index contributed by atoms with van der Waals surface area (Å²) >= 11 is 6.05. The van der Waals surface area contributed by atoms with Gasteiger partial charge in [-0.2, -0.15) is 0 Å². The van der Waals surface area contributed by atoms with Crippen molar-refractivity contribution in [1.29, 1.82) is 0 Å². The smallest absolute Gasteiger partial charge is 0.326 e. The average Bonchev–Trinajstić information content (AvgIpc) is 2.51. The van der Waals surface area contributed by atoms with Crippen LogP contribution < -0.4 is 10.3 Å². The molecule has 2 rings (SSSR count). The average molecular weight is 336 g/mol. The van der Waals surface area contributed by atoms with Crippen LogP contribution in [0.2, 0.25) is 5.02 Å². The highest BCUT2D eigenvalue weighted by atomic mass is 35.5. The molecule has 1 heterocycles. The summed E-state index contributed by atoms with van der Waals surface area (Å²) in [6.45, 7) is 3.62. The summed E-state index contributed by atoms with van der Waals surface area (Å²) in [5, 5.41) is 9.81. The number of benzene rings is 1. The van der Waals surface area contributed by atoms with E-state index in [2.05, 4.69) is 0 Å². The van der Waals surface area contributed by atoms with E-state index >= 15 is 0 Å². The first-order valence-electron chi connectivity index (χ1n) is 7.18. The first-order chi connectivity index (χ1) is 10.9. The molecule has 0 spiro atoms. The van der Waals surface area contributed by atoms with Crippen LogP contribution in [0.25, 0.3) is 11.1 Å². The zero-order valence-corrected chi connectivity index (χ0v) is 13.9. The number of hydrogen-bond donors (Lipinski definition) is 1. The maximum Gasteiger partial charge on any atom is 0.326 e. The number of methoxy groups -OCH3 is 1. The molecule has 6 heteroatoms. The molecule has 1 unspecified atom stereocenters. The molecule has 0 fully saturated rings. The molecule has 1 atom stereocenters. The van der Waals surface area contributed by atoms with E-state index in [1.54, 1.807) is 19.1 Å². The maximum atomic E-state index is 12.4. The highest BCUT2D eigenvalue weighted by Crippen LogP contribution is 2.33. The summed E-state index contributed by atoms with van der Waals surface area (Å²) in [6, 6.07) is 5.85. The number of hydrogen-bond acceptors (Lipinski definition) is 3. The molecule has 2 aromatic rings. The molecule has 5 nitrogen and oxygen atoms in total. The minimum atomic E-state index is -1.05. The van der Waals surface area contributed by atoms with Gasteiger partial charge < -0.3 is 9.84 Å². The van der Waals surface area contributed by atoms with Crippen molar-refractivity contribution in [2.45, 2.75) is 26.3 Å². The summed E-state index contributed by atoms with van der Waals surface area (Å²) < 4.78 is 6.55. The fourth-order valence-electron chi connectivity index (χ4n) is 2.52. The minimum absolute atomic E-state index is 0.300. The predicted molar refractivity (Wildman–Crippen MR) is 89.4 cm³/mol. The van der Waals surface area contributed by atoms with Gasteiger partial charge in [0.05, 0.1) is 13.3 Å². The van der Waals surface area contributed by atoms with Crippen molar-refractivity contribution < 1.29 is 14.6 Å². The third kappa shape index (κ3) is 3.40. The second-order valence-electron chi connectivity index (χ2n) is 5.22. The topological polar surface area (TPSA) is 68.5 Å². The van der Waals surface area contributed by atoms with Gasteiger partial charge in [0.25, 0.3) is 5.56 Å². The van der Waals surface area contributed by atoms with Gasteiger partial charge in [-0.05, 0) is 36.6 Å². The van der Waals surface area contributed by atoms with Gasteiger partial charge in [0.15, 0.2) is 0 Å². The van der Waals surface area contributed by atoms with Gasteiger partial charge in [0.1, 0.15) is 11.8 Å². The number of carboxylic acid groups (broad SMARTS) is 1. The van der Waals surface area contributed by atoms with Gasteiger partial charge in [-0.3, -0.25) is 9.36 Å². The molecule has 0 saturated carbocycles. The molecule has 1 aromatic heterocycles. The van der Waals surface area contributed by atoms with Crippen molar-refractivity contribution in [2.24, 2.45) is 0 Å². The summed E-state index contributed by atoms with van der Waals surface area (Å²) in [6.07, 6.45) is 1.74. The number of pyridine rings is 1. The number of rotatable bonds is 5. The SMILES string of the molecule is CCC(C(=O)O)n1cc(OC)c(-c2cc(Cl)ccc2C)cc1=O. The number of ether oxygens (including phenoxy) is 1. The van der Waals surface area contributed by atoms with E-state index in [1.807, 2.05) is 13.0 Å². The molecule has 23 heavy (non-hydrogen) atoms. The van der Waals surface area contributed by atoms with Crippen LogP contribution >= 0.6 is 11.6 Å². The highest BCUT2D eigenvalue weighted by molar-refractivity contribution is 6.30. The lowest BCUT2D eigenvalue weighted by molar-refractivity contribution is -0.141. The van der Waals surface area contributed by atoms with Gasteiger partial charge in [0, 0.05) is 16.7 Å². The van der Waals surface area contributed by atoms with Crippen molar-refractivity contribution in [2.75, 3.05) is 7.11 Å². The van der Waals surface area contributed by atoms with Crippen molar-refractivity contribution in [3.63, 3.8) is 0 Å². The van der Waals surface area contributed by atoms with E-state index in [0.29, 0.717) is 22.8 Å². The Balaban J connectivity index is 2.68. The number of halogens is 1. The number of carbonyl (C=O) groups is 1. The molecule has 0 bridgehead atoms. The van der Waals surface area contributed by atoms with Gasteiger partial charge >= 0.3 is 5.97 Å². The van der Waals surface area contributed by atoms with Gasteiger partial charge in [0.2, 0.25) is 0 Å². The predicted octanol–water partition coefficient (Wildman–Crippen LogP) is 3.52. The van der Waals surface area contributed by atoms with Crippen molar-refractivity contribution in [3.05, 3.63) is 51.4 Å². The first kappa shape index (κ1) is 17.1. The lowest BCUT2D eigenvalue weighted by Gasteiger charge is -2.17. The van der Waals surface area contributed by atoms with Crippen molar-refractivity contribution >= 4 is 17.6 Å². The van der Waals surface area contributed by atoms with E-state index < -0.39 is 17.6 Å². The monoisotopic (exact) mass is 335 g/mol. The quantitative estimate of drug-likeness (QED) is 0.907. The second kappa shape index (κ2) is 6.87. The fourth-order valence-corrected chi connectivity index (χ4v) is 2.69. The molecule has 0 radical (unpaired) electrons. The van der Waals surface area contributed by atoms with Crippen LogP contribution in [0, 0.1) is 6.92 Å². The molecular weight excluding hydrogens is 318 g/mol. The molecule has 122 valence electrons. The van der Waals surface area contributed by atoms with Crippen LogP contribution in [-0.2, 0) is 4.79 Å². The summed E-state index contributed by atoms with van der Waals surface area (Å²) in [4.78, 5) is 23.7. The van der Waals surface area contributed by atoms with E-state index in [-0.39, 0.29) is 0 Å². The molecule has 1 N–H and O–H groups in total. The Bertz CT molecular complexity index is 798. The molecule has 0 amide bonds. The number of aromatic nitrogens is 1. The molecule has 0 aliphatic carbocycles. The third-order valence-corrected chi connectivity index (χ3v) is 4.00. The van der Waals surface area contributed by atoms with Gasteiger partial charge in [-0.25, -0.2) is 4.79 Å². The van der Waals surface area contributed by atoms with Crippen LogP contribution in [0.4, 0.5) is 0 Å². The first-order valence-corrected chi connectivity index (χ1v) is 7.56. The van der Waals surface area contributed by atoms with Crippen LogP contribution in [0.15, 0.2) is 35.3 Å². The summed E-state index contributed by atoms with van der Waals surface area (Å²) in [5.74, 6) is -0.627. The van der Waals surface area contributed by atoms with E-state index in [9.17, 15) is 14.7 Å². The molecule has 0 aliphatic heterocycles. The fraction of sp³-hybridized carbons (Fsp3) is 0.294. The molecule has 1 aromatic carbocycles. The highest BCUT2D eigenvalue weighted by Gasteiger charge is 2.21. The zero-order valence-electron chi connectivity index (χ0n) is 13.2. The Kier molecular flexibility index (Phi) is 5.11. The third-order valence-electron chi connectivity index (χ3n) is 3.76. The van der Waals surface area contributed by atoms with E-state index in [4.69, 9.17) is 16.3 Å². The largest absolute Gasteiger partial charge is 0.495 e. The molecular formula is C17H18ClNO4. The van der Waals surface area contributed by atoms with Crippen LogP contribution in [0.1, 0.15) is 24.9 Å². The van der Waals surface area contributed by atoms with E-state index in [1.165, 1.54) is 23.9 Å². The van der Waals surface area contributed by atoms with Gasteiger partial charge in [-0.15, -0.1) is 0 Å². The minimum Gasteiger partial charge on any atom is -0.495 e.